The minimum atomic E-state index is -0.359. The Bertz CT molecular complexity index is 195. The van der Waals surface area contributed by atoms with Crippen molar-refractivity contribution in [2.75, 3.05) is 14.1 Å². The summed E-state index contributed by atoms with van der Waals surface area (Å²) in [7, 11) is 3.22. The maximum Gasteiger partial charge on any atom is 0.289 e. The molecule has 1 fully saturated rings. The van der Waals surface area contributed by atoms with Crippen molar-refractivity contribution < 1.29 is 9.59 Å². The second-order valence-corrected chi connectivity index (χ2v) is 3.62. The zero-order valence-electron chi connectivity index (χ0n) is 7.67. The van der Waals surface area contributed by atoms with Gasteiger partial charge in [0.15, 0.2) is 0 Å². The van der Waals surface area contributed by atoms with Crippen molar-refractivity contribution in [2.45, 2.75) is 25.7 Å². The SMILES string of the molecule is CN(C)C(=O)C(=O)CC1CCC1. The molecule has 0 bridgehead atoms. The van der Waals surface area contributed by atoms with Crippen LogP contribution in [0.3, 0.4) is 0 Å². The van der Waals surface area contributed by atoms with Crippen molar-refractivity contribution in [3.05, 3.63) is 0 Å². The van der Waals surface area contributed by atoms with E-state index in [-0.39, 0.29) is 11.7 Å². The van der Waals surface area contributed by atoms with E-state index in [0.29, 0.717) is 12.3 Å². The van der Waals surface area contributed by atoms with Crippen LogP contribution in [0.15, 0.2) is 0 Å². The maximum atomic E-state index is 11.2. The van der Waals surface area contributed by atoms with Crippen molar-refractivity contribution in [3.8, 4) is 0 Å². The molecule has 3 nitrogen and oxygen atoms in total. The summed E-state index contributed by atoms with van der Waals surface area (Å²) in [6.45, 7) is 0. The number of hydrogen-bond donors (Lipinski definition) is 0. The smallest absolute Gasteiger partial charge is 0.289 e. The van der Waals surface area contributed by atoms with E-state index in [1.54, 1.807) is 14.1 Å². The van der Waals surface area contributed by atoms with E-state index in [1.165, 1.54) is 11.3 Å². The Kier molecular flexibility index (Phi) is 2.84. The average Bonchev–Trinajstić information content (AvgIpc) is 1.94. The molecule has 0 radical (unpaired) electrons. The fraction of sp³-hybridized carbons (Fsp3) is 0.778. The molecule has 0 aliphatic heterocycles. The number of carbonyl (C=O) groups is 2. The zero-order chi connectivity index (χ0) is 9.14. The van der Waals surface area contributed by atoms with Gasteiger partial charge < -0.3 is 4.90 Å². The Labute approximate surface area is 72.7 Å². The second kappa shape index (κ2) is 3.70. The van der Waals surface area contributed by atoms with Gasteiger partial charge in [0.1, 0.15) is 0 Å². The fourth-order valence-corrected chi connectivity index (χ4v) is 1.30. The lowest BCUT2D eigenvalue weighted by atomic mass is 9.82. The zero-order valence-corrected chi connectivity index (χ0v) is 7.67. The Morgan fingerprint density at radius 3 is 2.25 bits per heavy atom. The van der Waals surface area contributed by atoms with Crippen molar-refractivity contribution in [1.82, 2.24) is 4.90 Å². The Morgan fingerprint density at radius 1 is 1.33 bits per heavy atom. The number of nitrogens with zero attached hydrogens (tertiary/aromatic N) is 1. The summed E-state index contributed by atoms with van der Waals surface area (Å²) >= 11 is 0. The van der Waals surface area contributed by atoms with Crippen molar-refractivity contribution in [3.63, 3.8) is 0 Å². The molecule has 0 N–H and O–H groups in total. The lowest BCUT2D eigenvalue weighted by molar-refractivity contribution is -0.143. The van der Waals surface area contributed by atoms with Crippen molar-refractivity contribution >= 4 is 11.7 Å². The molecule has 1 aliphatic carbocycles. The number of ketones is 1. The predicted molar refractivity (Wildman–Crippen MR) is 45.7 cm³/mol. The van der Waals surface area contributed by atoms with E-state index in [9.17, 15) is 9.59 Å². The first-order chi connectivity index (χ1) is 5.61. The summed E-state index contributed by atoms with van der Waals surface area (Å²) < 4.78 is 0. The van der Waals surface area contributed by atoms with Gasteiger partial charge in [-0.3, -0.25) is 9.59 Å². The third-order valence-electron chi connectivity index (χ3n) is 2.34. The van der Waals surface area contributed by atoms with Gasteiger partial charge in [-0.2, -0.15) is 0 Å². The molecule has 3 heteroatoms. The lowest BCUT2D eigenvalue weighted by Gasteiger charge is -2.24. The molecular formula is C9H15NO2. The number of likely N-dealkylation sites (N-methyl/N-ethyl adjacent to an activating group) is 1. The third kappa shape index (κ3) is 2.06. The topological polar surface area (TPSA) is 37.4 Å². The summed E-state index contributed by atoms with van der Waals surface area (Å²) in [6.07, 6.45) is 3.91. The summed E-state index contributed by atoms with van der Waals surface area (Å²) in [6, 6.07) is 0. The van der Waals surface area contributed by atoms with Gasteiger partial charge in [-0.15, -0.1) is 0 Å². The van der Waals surface area contributed by atoms with Crippen molar-refractivity contribution in [2.24, 2.45) is 5.92 Å². The number of carbonyl (C=O) groups excluding carboxylic acids is 2. The van der Waals surface area contributed by atoms with Gasteiger partial charge in [-0.05, 0) is 18.8 Å². The highest BCUT2D eigenvalue weighted by molar-refractivity contribution is 6.35. The van der Waals surface area contributed by atoms with Gasteiger partial charge in [-0.25, -0.2) is 0 Å². The molecule has 12 heavy (non-hydrogen) atoms. The molecule has 0 saturated heterocycles. The van der Waals surface area contributed by atoms with Crippen LogP contribution in [0.2, 0.25) is 0 Å². The minimum absolute atomic E-state index is 0.232. The van der Waals surface area contributed by atoms with Crippen LogP contribution >= 0.6 is 0 Å². The molecular weight excluding hydrogens is 154 g/mol. The molecule has 1 saturated carbocycles. The predicted octanol–water partition coefficient (Wildman–Crippen LogP) is 0.834. The molecule has 0 atom stereocenters. The van der Waals surface area contributed by atoms with Crippen LogP contribution < -0.4 is 0 Å². The fourth-order valence-electron chi connectivity index (χ4n) is 1.30. The highest BCUT2D eigenvalue weighted by atomic mass is 16.2. The van der Waals surface area contributed by atoms with Crippen LogP contribution in [0.25, 0.3) is 0 Å². The minimum Gasteiger partial charge on any atom is -0.342 e. The van der Waals surface area contributed by atoms with Gasteiger partial charge in [-0.1, -0.05) is 6.42 Å². The summed E-state index contributed by atoms with van der Waals surface area (Å²) in [4.78, 5) is 23.6. The molecule has 68 valence electrons. The van der Waals surface area contributed by atoms with Gasteiger partial charge in [0, 0.05) is 20.5 Å². The highest BCUT2D eigenvalue weighted by Gasteiger charge is 2.24. The first-order valence-electron chi connectivity index (χ1n) is 4.35. The average molecular weight is 169 g/mol. The molecule has 0 aromatic heterocycles. The van der Waals surface area contributed by atoms with E-state index < -0.39 is 0 Å². The number of Topliss-reactive ketones (excluding diaryl/α,β-unsaturated/α-hetero) is 1. The van der Waals surface area contributed by atoms with E-state index >= 15 is 0 Å². The van der Waals surface area contributed by atoms with Crippen LogP contribution in [0.1, 0.15) is 25.7 Å². The molecule has 0 heterocycles. The Morgan fingerprint density at radius 2 is 1.92 bits per heavy atom. The number of amides is 1. The Balaban J connectivity index is 2.31. The van der Waals surface area contributed by atoms with Crippen LogP contribution in [-0.2, 0) is 9.59 Å². The molecule has 1 rings (SSSR count). The second-order valence-electron chi connectivity index (χ2n) is 3.62. The maximum absolute atomic E-state index is 11.2. The number of rotatable bonds is 3. The molecule has 0 spiro atoms. The molecule has 0 unspecified atom stereocenters. The first-order valence-corrected chi connectivity index (χ1v) is 4.35. The lowest BCUT2D eigenvalue weighted by Crippen LogP contribution is -2.32. The van der Waals surface area contributed by atoms with Crippen LogP contribution in [0, 0.1) is 5.92 Å². The van der Waals surface area contributed by atoms with Crippen molar-refractivity contribution in [1.29, 1.82) is 0 Å². The summed E-state index contributed by atoms with van der Waals surface area (Å²) in [5, 5.41) is 0. The Hall–Kier alpha value is -0.860. The monoisotopic (exact) mass is 169 g/mol. The third-order valence-corrected chi connectivity index (χ3v) is 2.34. The quantitative estimate of drug-likeness (QED) is 0.587. The molecule has 0 aromatic rings. The van der Waals surface area contributed by atoms with E-state index in [0.717, 1.165) is 12.8 Å². The highest BCUT2D eigenvalue weighted by Crippen LogP contribution is 2.29. The van der Waals surface area contributed by atoms with E-state index in [4.69, 9.17) is 0 Å². The van der Waals surface area contributed by atoms with E-state index in [1.807, 2.05) is 0 Å². The normalized spacial score (nSPS) is 16.8. The summed E-state index contributed by atoms with van der Waals surface area (Å²) in [5.41, 5.74) is 0. The van der Waals surface area contributed by atoms with Gasteiger partial charge >= 0.3 is 0 Å². The summed E-state index contributed by atoms with van der Waals surface area (Å²) in [5.74, 6) is -0.104. The molecule has 1 aliphatic rings. The van der Waals surface area contributed by atoms with Gasteiger partial charge in [0.05, 0.1) is 0 Å². The van der Waals surface area contributed by atoms with Crippen LogP contribution in [0.5, 0.6) is 0 Å². The van der Waals surface area contributed by atoms with E-state index in [2.05, 4.69) is 0 Å². The van der Waals surface area contributed by atoms with Crippen LogP contribution in [0.4, 0.5) is 0 Å². The molecule has 1 amide bonds. The van der Waals surface area contributed by atoms with Crippen LogP contribution in [-0.4, -0.2) is 30.7 Å². The largest absolute Gasteiger partial charge is 0.342 e. The molecule has 0 aromatic carbocycles. The first kappa shape index (κ1) is 9.23. The standard InChI is InChI=1S/C9H15NO2/c1-10(2)9(12)8(11)6-7-4-3-5-7/h7H,3-6H2,1-2H3. The van der Waals surface area contributed by atoms with Gasteiger partial charge in [0.2, 0.25) is 5.78 Å². The number of hydrogen-bond acceptors (Lipinski definition) is 2. The van der Waals surface area contributed by atoms with Gasteiger partial charge in [0.25, 0.3) is 5.91 Å².